The molecule has 1 saturated carbocycles. The average molecular weight is 202 g/mol. The molecule has 0 radical (unpaired) electrons. The van der Waals surface area contributed by atoms with Crippen molar-refractivity contribution >= 4 is 11.0 Å². The van der Waals surface area contributed by atoms with E-state index in [1.54, 1.807) is 0 Å². The first-order valence-corrected chi connectivity index (χ1v) is 5.43. The van der Waals surface area contributed by atoms with Gasteiger partial charge in [0.05, 0.1) is 11.6 Å². The lowest BCUT2D eigenvalue weighted by molar-refractivity contribution is 0.630. The lowest BCUT2D eigenvalue weighted by Gasteiger charge is -2.00. The van der Waals surface area contributed by atoms with Gasteiger partial charge in [0.2, 0.25) is 0 Å². The highest BCUT2D eigenvalue weighted by molar-refractivity contribution is 5.78. The van der Waals surface area contributed by atoms with Crippen LogP contribution in [0.25, 0.3) is 11.0 Å². The van der Waals surface area contributed by atoms with Crippen molar-refractivity contribution < 1.29 is 0 Å². The maximum absolute atomic E-state index is 5.58. The minimum Gasteiger partial charge on any atom is -0.330 e. The summed E-state index contributed by atoms with van der Waals surface area (Å²) in [6.07, 6.45) is 3.35. The van der Waals surface area contributed by atoms with Crippen LogP contribution < -0.4 is 5.73 Å². The third-order valence-corrected chi connectivity index (χ3v) is 2.89. The topological polar surface area (TPSA) is 56.7 Å². The van der Waals surface area contributed by atoms with E-state index in [2.05, 4.69) is 33.2 Å². The highest BCUT2D eigenvalue weighted by atomic mass is 15.4. The Morgan fingerprint density at radius 3 is 3.00 bits per heavy atom. The Bertz CT molecular complexity index is 484. The van der Waals surface area contributed by atoms with Crippen molar-refractivity contribution in [1.82, 2.24) is 15.0 Å². The Labute approximate surface area is 88.1 Å². The molecule has 0 spiro atoms. The minimum atomic E-state index is 0.586. The lowest BCUT2D eigenvalue weighted by atomic mass is 10.1. The first-order chi connectivity index (χ1) is 7.40. The van der Waals surface area contributed by atoms with Gasteiger partial charge in [-0.2, -0.15) is 0 Å². The molecule has 2 aromatic rings. The van der Waals surface area contributed by atoms with Gasteiger partial charge < -0.3 is 5.73 Å². The van der Waals surface area contributed by atoms with Crippen molar-refractivity contribution in [2.45, 2.75) is 25.3 Å². The monoisotopic (exact) mass is 202 g/mol. The van der Waals surface area contributed by atoms with Crippen molar-refractivity contribution in [2.75, 3.05) is 6.54 Å². The summed E-state index contributed by atoms with van der Waals surface area (Å²) in [5, 5.41) is 8.48. The molecule has 0 atom stereocenters. The molecule has 4 nitrogen and oxygen atoms in total. The third-order valence-electron chi connectivity index (χ3n) is 2.89. The maximum Gasteiger partial charge on any atom is 0.116 e. The van der Waals surface area contributed by atoms with Crippen molar-refractivity contribution in [3.63, 3.8) is 0 Å². The first-order valence-electron chi connectivity index (χ1n) is 5.43. The molecule has 1 aliphatic rings. The molecule has 0 bridgehead atoms. The molecule has 3 rings (SSSR count). The molecule has 4 heteroatoms. The zero-order valence-electron chi connectivity index (χ0n) is 8.56. The number of hydrogen-bond acceptors (Lipinski definition) is 3. The van der Waals surface area contributed by atoms with Crippen LogP contribution in [0.4, 0.5) is 0 Å². The van der Waals surface area contributed by atoms with Crippen LogP contribution in [0.3, 0.4) is 0 Å². The second-order valence-corrected chi connectivity index (χ2v) is 4.09. The summed E-state index contributed by atoms with van der Waals surface area (Å²) in [6, 6.07) is 6.83. The smallest absolute Gasteiger partial charge is 0.116 e. The van der Waals surface area contributed by atoms with E-state index in [0.29, 0.717) is 12.6 Å². The normalized spacial score (nSPS) is 16.1. The summed E-state index contributed by atoms with van der Waals surface area (Å²) in [4.78, 5) is 0. The summed E-state index contributed by atoms with van der Waals surface area (Å²) < 4.78 is 2.05. The largest absolute Gasteiger partial charge is 0.330 e. The Morgan fingerprint density at radius 2 is 2.27 bits per heavy atom. The van der Waals surface area contributed by atoms with E-state index in [9.17, 15) is 0 Å². The first kappa shape index (κ1) is 8.85. The molecule has 0 unspecified atom stereocenters. The maximum atomic E-state index is 5.58. The van der Waals surface area contributed by atoms with E-state index in [-0.39, 0.29) is 0 Å². The Morgan fingerprint density at radius 1 is 1.40 bits per heavy atom. The standard InChI is InChI=1S/C11H14N4/c12-7-6-8-2-1-3-10-11(8)13-14-15(10)9-4-5-9/h1-3,9H,4-7,12H2. The molecule has 1 aliphatic carbocycles. The number of hydrogen-bond donors (Lipinski definition) is 1. The van der Waals surface area contributed by atoms with Crippen LogP contribution in [0.1, 0.15) is 24.4 Å². The van der Waals surface area contributed by atoms with Crippen molar-refractivity contribution in [3.05, 3.63) is 23.8 Å². The van der Waals surface area contributed by atoms with Crippen LogP contribution in [0.2, 0.25) is 0 Å². The number of rotatable bonds is 3. The molecule has 78 valence electrons. The van der Waals surface area contributed by atoms with Gasteiger partial charge in [0, 0.05) is 0 Å². The van der Waals surface area contributed by atoms with E-state index in [1.807, 2.05) is 0 Å². The number of nitrogens with two attached hydrogens (primary N) is 1. The Balaban J connectivity index is 2.14. The van der Waals surface area contributed by atoms with Gasteiger partial charge in [0.1, 0.15) is 5.52 Å². The van der Waals surface area contributed by atoms with Gasteiger partial charge in [-0.25, -0.2) is 4.68 Å². The van der Waals surface area contributed by atoms with E-state index >= 15 is 0 Å². The minimum absolute atomic E-state index is 0.586. The number of aromatic nitrogens is 3. The summed E-state index contributed by atoms with van der Waals surface area (Å²) in [7, 11) is 0. The fourth-order valence-electron chi connectivity index (χ4n) is 1.97. The number of nitrogens with zero attached hydrogens (tertiary/aromatic N) is 3. The van der Waals surface area contributed by atoms with Crippen LogP contribution >= 0.6 is 0 Å². The van der Waals surface area contributed by atoms with Gasteiger partial charge in [-0.05, 0) is 37.4 Å². The molecule has 15 heavy (non-hydrogen) atoms. The summed E-state index contributed by atoms with van der Waals surface area (Å²) in [5.41, 5.74) is 8.96. The van der Waals surface area contributed by atoms with Gasteiger partial charge in [-0.3, -0.25) is 0 Å². The summed E-state index contributed by atoms with van der Waals surface area (Å²) in [5.74, 6) is 0. The Kier molecular flexibility index (Phi) is 1.95. The quantitative estimate of drug-likeness (QED) is 0.815. The van der Waals surface area contributed by atoms with Gasteiger partial charge in [-0.15, -0.1) is 5.10 Å². The van der Waals surface area contributed by atoms with E-state index in [0.717, 1.165) is 17.5 Å². The highest BCUT2D eigenvalue weighted by Crippen LogP contribution is 2.36. The molecular formula is C11H14N4. The zero-order valence-corrected chi connectivity index (χ0v) is 8.56. The van der Waals surface area contributed by atoms with E-state index < -0.39 is 0 Å². The number of fused-ring (bicyclic) bond motifs is 1. The van der Waals surface area contributed by atoms with Gasteiger partial charge in [0.15, 0.2) is 0 Å². The van der Waals surface area contributed by atoms with E-state index in [1.165, 1.54) is 18.4 Å². The van der Waals surface area contributed by atoms with Crippen LogP contribution in [-0.4, -0.2) is 21.5 Å². The molecular weight excluding hydrogens is 188 g/mol. The van der Waals surface area contributed by atoms with Gasteiger partial charge in [-0.1, -0.05) is 17.3 Å². The predicted octanol–water partition coefficient (Wildman–Crippen LogP) is 1.27. The lowest BCUT2D eigenvalue weighted by Crippen LogP contribution is -2.03. The van der Waals surface area contributed by atoms with Gasteiger partial charge >= 0.3 is 0 Å². The highest BCUT2D eigenvalue weighted by Gasteiger charge is 2.26. The molecule has 0 saturated heterocycles. The fourth-order valence-corrected chi connectivity index (χ4v) is 1.97. The molecule has 2 N–H and O–H groups in total. The van der Waals surface area contributed by atoms with Crippen molar-refractivity contribution in [1.29, 1.82) is 0 Å². The van der Waals surface area contributed by atoms with Gasteiger partial charge in [0.25, 0.3) is 0 Å². The fraction of sp³-hybridized carbons (Fsp3) is 0.455. The molecule has 0 aliphatic heterocycles. The third kappa shape index (κ3) is 1.41. The molecule has 1 aromatic carbocycles. The molecule has 0 amide bonds. The molecule has 1 fully saturated rings. The number of benzene rings is 1. The van der Waals surface area contributed by atoms with Crippen LogP contribution in [0.5, 0.6) is 0 Å². The van der Waals surface area contributed by atoms with Crippen LogP contribution in [0, 0.1) is 0 Å². The second kappa shape index (κ2) is 3.31. The SMILES string of the molecule is NCCc1cccc2c1nnn2C1CC1. The van der Waals surface area contributed by atoms with Crippen LogP contribution in [-0.2, 0) is 6.42 Å². The predicted molar refractivity (Wildman–Crippen MR) is 58.6 cm³/mol. The molecule has 1 heterocycles. The van der Waals surface area contributed by atoms with Crippen LogP contribution in [0.15, 0.2) is 18.2 Å². The van der Waals surface area contributed by atoms with Crippen molar-refractivity contribution in [2.24, 2.45) is 5.73 Å². The molecule has 1 aromatic heterocycles. The Hall–Kier alpha value is -1.42. The second-order valence-electron chi connectivity index (χ2n) is 4.09. The zero-order chi connectivity index (χ0) is 10.3. The summed E-state index contributed by atoms with van der Waals surface area (Å²) in [6.45, 7) is 0.662. The summed E-state index contributed by atoms with van der Waals surface area (Å²) >= 11 is 0. The van der Waals surface area contributed by atoms with Crippen molar-refractivity contribution in [3.8, 4) is 0 Å². The van der Waals surface area contributed by atoms with E-state index in [4.69, 9.17) is 5.73 Å². The average Bonchev–Trinajstić information content (AvgIpc) is 3.00.